The molecule has 3 aliphatic rings. The lowest BCUT2D eigenvalue weighted by Gasteiger charge is -2.44. The van der Waals surface area contributed by atoms with Crippen molar-refractivity contribution in [1.29, 1.82) is 0 Å². The van der Waals surface area contributed by atoms with Crippen molar-refractivity contribution in [3.8, 4) is 0 Å². The summed E-state index contributed by atoms with van der Waals surface area (Å²) in [5.74, 6) is 1.25. The zero-order valence-corrected chi connectivity index (χ0v) is 13.5. The molecule has 2 bridgehead atoms. The molecule has 0 aromatic rings. The monoisotopic (exact) mass is 314 g/mol. The van der Waals surface area contributed by atoms with Crippen LogP contribution in [0.25, 0.3) is 0 Å². The van der Waals surface area contributed by atoms with E-state index in [4.69, 9.17) is 5.73 Å². The van der Waals surface area contributed by atoms with Crippen LogP contribution in [0.1, 0.15) is 45.4 Å². The van der Waals surface area contributed by atoms with Gasteiger partial charge in [-0.3, -0.25) is 4.79 Å². The molecule has 0 aromatic heterocycles. The van der Waals surface area contributed by atoms with Gasteiger partial charge in [0, 0.05) is 12.0 Å². The first-order chi connectivity index (χ1) is 9.78. The highest BCUT2D eigenvalue weighted by Crippen LogP contribution is 2.42. The normalized spacial score (nSPS) is 45.2. The molecule has 6 heteroatoms. The molecule has 3 fully saturated rings. The van der Waals surface area contributed by atoms with Gasteiger partial charge in [0.2, 0.25) is 5.91 Å². The number of nitrogens with one attached hydrogen (secondary N) is 1. The average Bonchev–Trinajstić information content (AvgIpc) is 2.62. The quantitative estimate of drug-likeness (QED) is 0.790. The minimum atomic E-state index is -2.99. The Morgan fingerprint density at radius 2 is 1.86 bits per heavy atom. The number of fused-ring (bicyclic) bond motifs is 2. The summed E-state index contributed by atoms with van der Waals surface area (Å²) in [4.78, 5) is 12.6. The molecule has 3 atom stereocenters. The fourth-order valence-corrected chi connectivity index (χ4v) is 6.60. The van der Waals surface area contributed by atoms with Crippen LogP contribution in [0.15, 0.2) is 0 Å². The van der Waals surface area contributed by atoms with Gasteiger partial charge in [0.25, 0.3) is 0 Å². The fraction of sp³-hybridized carbons (Fsp3) is 0.933. The van der Waals surface area contributed by atoms with Gasteiger partial charge in [-0.15, -0.1) is 0 Å². The van der Waals surface area contributed by atoms with Gasteiger partial charge in [-0.1, -0.05) is 6.42 Å². The van der Waals surface area contributed by atoms with E-state index in [1.807, 2.05) is 6.92 Å². The zero-order chi connectivity index (χ0) is 15.3. The maximum Gasteiger partial charge on any atom is 0.223 e. The molecule has 1 amide bonds. The molecule has 0 radical (unpaired) electrons. The van der Waals surface area contributed by atoms with E-state index in [-0.39, 0.29) is 29.4 Å². The number of nitrogens with two attached hydrogens (primary N) is 1. The maximum absolute atomic E-state index is 12.6. The van der Waals surface area contributed by atoms with Gasteiger partial charge >= 0.3 is 0 Å². The van der Waals surface area contributed by atoms with Crippen LogP contribution in [0.2, 0.25) is 0 Å². The van der Waals surface area contributed by atoms with Crippen molar-refractivity contribution in [3.05, 3.63) is 0 Å². The summed E-state index contributed by atoms with van der Waals surface area (Å²) >= 11 is 0. The van der Waals surface area contributed by atoms with E-state index in [2.05, 4.69) is 5.32 Å². The van der Waals surface area contributed by atoms with Crippen LogP contribution >= 0.6 is 0 Å². The second kappa shape index (κ2) is 5.23. The van der Waals surface area contributed by atoms with Gasteiger partial charge in [0.05, 0.1) is 17.0 Å². The first kappa shape index (κ1) is 15.3. The van der Waals surface area contributed by atoms with Crippen molar-refractivity contribution >= 4 is 15.7 Å². The molecular formula is C15H26N2O3S. The topological polar surface area (TPSA) is 89.3 Å². The summed E-state index contributed by atoms with van der Waals surface area (Å²) in [5, 5.41) is 3.03. The van der Waals surface area contributed by atoms with E-state index < -0.39 is 15.4 Å². The second-order valence-electron chi connectivity index (χ2n) is 7.59. The van der Waals surface area contributed by atoms with Crippen molar-refractivity contribution in [1.82, 2.24) is 5.32 Å². The minimum absolute atomic E-state index is 0.0141. The molecule has 2 aliphatic carbocycles. The molecular weight excluding hydrogens is 288 g/mol. The van der Waals surface area contributed by atoms with E-state index in [0.29, 0.717) is 18.3 Å². The highest BCUT2D eigenvalue weighted by molar-refractivity contribution is 7.91. The largest absolute Gasteiger partial charge is 0.350 e. The maximum atomic E-state index is 12.6. The Balaban J connectivity index is 1.64. The summed E-state index contributed by atoms with van der Waals surface area (Å²) < 4.78 is 23.3. The number of hydrogen-bond acceptors (Lipinski definition) is 4. The van der Waals surface area contributed by atoms with E-state index in [9.17, 15) is 13.2 Å². The van der Waals surface area contributed by atoms with Gasteiger partial charge in [-0.25, -0.2) is 8.42 Å². The fourth-order valence-electron chi connectivity index (χ4n) is 4.51. The SMILES string of the molecule is CC1(NC(=O)C2CC3CCCC(C2)C3N)CCS(=O)(=O)C1. The number of carbonyl (C=O) groups excluding carboxylic acids is 1. The van der Waals surface area contributed by atoms with Crippen molar-refractivity contribution < 1.29 is 13.2 Å². The highest BCUT2D eigenvalue weighted by Gasteiger charge is 2.44. The van der Waals surface area contributed by atoms with Crippen molar-refractivity contribution in [2.75, 3.05) is 11.5 Å². The first-order valence-electron chi connectivity index (χ1n) is 8.06. The standard InChI is InChI=1S/C15H26N2O3S/c1-15(5-6-21(19,20)9-15)17-14(18)12-7-10-3-2-4-11(8-12)13(10)16/h10-13H,2-9,16H2,1H3,(H,17,18). The third kappa shape index (κ3) is 3.11. The summed E-state index contributed by atoms with van der Waals surface area (Å²) in [7, 11) is -2.99. The van der Waals surface area contributed by atoms with Crippen LogP contribution in [0.5, 0.6) is 0 Å². The van der Waals surface area contributed by atoms with Crippen LogP contribution in [0.4, 0.5) is 0 Å². The second-order valence-corrected chi connectivity index (χ2v) is 9.77. The third-order valence-electron chi connectivity index (χ3n) is 5.71. The number of carbonyl (C=O) groups is 1. The van der Waals surface area contributed by atoms with Crippen molar-refractivity contribution in [3.63, 3.8) is 0 Å². The molecule has 3 unspecified atom stereocenters. The molecule has 3 N–H and O–H groups in total. The Kier molecular flexibility index (Phi) is 3.81. The predicted octanol–water partition coefficient (Wildman–Crippen LogP) is 0.833. The third-order valence-corrected chi connectivity index (χ3v) is 7.62. The number of sulfone groups is 1. The van der Waals surface area contributed by atoms with Crippen LogP contribution in [-0.2, 0) is 14.6 Å². The number of hydrogen-bond donors (Lipinski definition) is 2. The molecule has 5 nitrogen and oxygen atoms in total. The Morgan fingerprint density at radius 1 is 1.24 bits per heavy atom. The Labute approximate surface area is 127 Å². The highest BCUT2D eigenvalue weighted by atomic mass is 32.2. The molecule has 1 heterocycles. The van der Waals surface area contributed by atoms with Crippen LogP contribution in [0, 0.1) is 17.8 Å². The number of rotatable bonds is 2. The van der Waals surface area contributed by atoms with Crippen molar-refractivity contribution in [2.45, 2.75) is 57.0 Å². The van der Waals surface area contributed by atoms with Gasteiger partial charge in [0.1, 0.15) is 0 Å². The van der Waals surface area contributed by atoms with Gasteiger partial charge < -0.3 is 11.1 Å². The minimum Gasteiger partial charge on any atom is -0.350 e. The Hall–Kier alpha value is -0.620. The lowest BCUT2D eigenvalue weighted by Crippen LogP contribution is -2.53. The predicted molar refractivity (Wildman–Crippen MR) is 81.3 cm³/mol. The molecule has 21 heavy (non-hydrogen) atoms. The lowest BCUT2D eigenvalue weighted by molar-refractivity contribution is -0.129. The molecule has 1 saturated heterocycles. The molecule has 120 valence electrons. The van der Waals surface area contributed by atoms with Gasteiger partial charge in [-0.05, 0) is 50.9 Å². The first-order valence-corrected chi connectivity index (χ1v) is 9.88. The van der Waals surface area contributed by atoms with E-state index in [0.717, 1.165) is 25.7 Å². The van der Waals surface area contributed by atoms with Crippen LogP contribution in [-0.4, -0.2) is 37.4 Å². The van der Waals surface area contributed by atoms with E-state index in [1.54, 1.807) is 0 Å². The Bertz CT molecular complexity index is 519. The summed E-state index contributed by atoms with van der Waals surface area (Å²) in [6, 6.07) is 0.255. The molecule has 2 saturated carbocycles. The van der Waals surface area contributed by atoms with E-state index >= 15 is 0 Å². The molecule has 0 spiro atoms. The number of amides is 1. The zero-order valence-electron chi connectivity index (χ0n) is 12.7. The van der Waals surface area contributed by atoms with Crippen LogP contribution < -0.4 is 11.1 Å². The average molecular weight is 314 g/mol. The van der Waals surface area contributed by atoms with Crippen molar-refractivity contribution in [2.24, 2.45) is 23.5 Å². The molecule has 0 aromatic carbocycles. The lowest BCUT2D eigenvalue weighted by atomic mass is 9.65. The Morgan fingerprint density at radius 3 is 2.38 bits per heavy atom. The summed E-state index contributed by atoms with van der Waals surface area (Å²) in [6.07, 6.45) is 5.76. The summed E-state index contributed by atoms with van der Waals surface area (Å²) in [6.45, 7) is 1.85. The van der Waals surface area contributed by atoms with Crippen LogP contribution in [0.3, 0.4) is 0 Å². The summed E-state index contributed by atoms with van der Waals surface area (Å²) in [5.41, 5.74) is 5.68. The smallest absolute Gasteiger partial charge is 0.223 e. The van der Waals surface area contributed by atoms with Gasteiger partial charge in [-0.2, -0.15) is 0 Å². The molecule has 1 aliphatic heterocycles. The van der Waals surface area contributed by atoms with Gasteiger partial charge in [0.15, 0.2) is 9.84 Å². The molecule has 3 rings (SSSR count). The van der Waals surface area contributed by atoms with E-state index in [1.165, 1.54) is 6.42 Å².